The molecule has 0 heterocycles. The molecule has 0 aromatic heterocycles. The van der Waals surface area contributed by atoms with E-state index in [0.29, 0.717) is 0 Å². The van der Waals surface area contributed by atoms with E-state index in [1.807, 2.05) is 36.4 Å². The predicted molar refractivity (Wildman–Crippen MR) is 82.7 cm³/mol. The lowest BCUT2D eigenvalue weighted by atomic mass is 9.93. The van der Waals surface area contributed by atoms with Crippen LogP contribution in [0, 0.1) is 11.3 Å². The molecule has 3 rings (SSSR count). The lowest BCUT2D eigenvalue weighted by molar-refractivity contribution is 0.169. The summed E-state index contributed by atoms with van der Waals surface area (Å²) in [7, 11) is -1.88. The van der Waals surface area contributed by atoms with Gasteiger partial charge < -0.3 is 4.43 Å². The first-order valence-corrected chi connectivity index (χ1v) is 10.2. The van der Waals surface area contributed by atoms with Gasteiger partial charge in [0.25, 0.3) is 0 Å². The molecule has 0 unspecified atom stereocenters. The maximum absolute atomic E-state index is 9.92. The molecule has 0 saturated carbocycles. The molecule has 3 heteroatoms. The van der Waals surface area contributed by atoms with Gasteiger partial charge in [-0.2, -0.15) is 5.26 Å². The Morgan fingerprint density at radius 3 is 1.75 bits per heavy atom. The second-order valence-electron chi connectivity index (χ2n) is 6.10. The molecular weight excluding hydrogens is 262 g/mol. The average Bonchev–Trinajstić information content (AvgIpc) is 2.69. The van der Waals surface area contributed by atoms with Crippen molar-refractivity contribution < 1.29 is 4.43 Å². The van der Waals surface area contributed by atoms with Crippen molar-refractivity contribution in [3.05, 3.63) is 59.7 Å². The van der Waals surface area contributed by atoms with Crippen LogP contribution in [0.4, 0.5) is 0 Å². The Balaban J connectivity index is 2.33. The van der Waals surface area contributed by atoms with Gasteiger partial charge in [0.1, 0.15) is 6.07 Å². The molecule has 20 heavy (non-hydrogen) atoms. The number of rotatable bonds is 2. The van der Waals surface area contributed by atoms with Crippen LogP contribution in [0.3, 0.4) is 0 Å². The molecule has 2 aromatic rings. The fourth-order valence-corrected chi connectivity index (χ4v) is 4.09. The van der Waals surface area contributed by atoms with E-state index in [0.717, 1.165) is 22.3 Å². The Bertz CT molecular complexity index is 664. The van der Waals surface area contributed by atoms with Crippen molar-refractivity contribution in [2.75, 3.05) is 0 Å². The van der Waals surface area contributed by atoms with Gasteiger partial charge in [-0.1, -0.05) is 48.5 Å². The van der Waals surface area contributed by atoms with Crippen molar-refractivity contribution in [2.45, 2.75) is 25.2 Å². The lowest BCUT2D eigenvalue weighted by Crippen LogP contribution is -2.39. The van der Waals surface area contributed by atoms with Crippen molar-refractivity contribution >= 4 is 8.32 Å². The number of nitriles is 1. The Morgan fingerprint density at radius 1 is 0.900 bits per heavy atom. The summed E-state index contributed by atoms with van der Waals surface area (Å²) >= 11 is 0. The van der Waals surface area contributed by atoms with E-state index in [1.54, 1.807) is 0 Å². The minimum atomic E-state index is -1.88. The number of fused-ring (bicyclic) bond motifs is 3. The Morgan fingerprint density at radius 2 is 1.35 bits per heavy atom. The second-order valence-corrected chi connectivity index (χ2v) is 10.5. The van der Waals surface area contributed by atoms with Crippen LogP contribution in [0.5, 0.6) is 0 Å². The first-order valence-electron chi connectivity index (χ1n) is 6.79. The minimum absolute atomic E-state index is 0.947. The third-order valence-corrected chi connectivity index (χ3v) is 4.44. The Labute approximate surface area is 120 Å². The van der Waals surface area contributed by atoms with Crippen LogP contribution >= 0.6 is 0 Å². The van der Waals surface area contributed by atoms with Gasteiger partial charge in [-0.3, -0.25) is 0 Å². The summed E-state index contributed by atoms with van der Waals surface area (Å²) in [5.41, 5.74) is 3.24. The SMILES string of the molecule is C[Si](C)(C)OC1(C#N)c2ccccc2-c2ccccc21. The third-order valence-electron chi connectivity index (χ3n) is 3.52. The fourth-order valence-electron chi connectivity index (χ4n) is 2.91. The topological polar surface area (TPSA) is 33.0 Å². The largest absolute Gasteiger partial charge is 0.393 e. The smallest absolute Gasteiger partial charge is 0.197 e. The molecule has 0 N–H and O–H groups in total. The first-order chi connectivity index (χ1) is 9.48. The van der Waals surface area contributed by atoms with E-state index in [4.69, 9.17) is 4.43 Å². The van der Waals surface area contributed by atoms with Gasteiger partial charge in [-0.25, -0.2) is 0 Å². The zero-order valence-corrected chi connectivity index (χ0v) is 13.0. The second kappa shape index (κ2) is 4.31. The van der Waals surface area contributed by atoms with Crippen LogP contribution in [-0.4, -0.2) is 8.32 Å². The third kappa shape index (κ3) is 1.81. The molecule has 0 atom stereocenters. The number of benzene rings is 2. The zero-order valence-electron chi connectivity index (χ0n) is 12.0. The Kier molecular flexibility index (Phi) is 2.82. The summed E-state index contributed by atoms with van der Waals surface area (Å²) in [6, 6.07) is 18.6. The molecule has 0 bridgehead atoms. The minimum Gasteiger partial charge on any atom is -0.393 e. The van der Waals surface area contributed by atoms with Gasteiger partial charge in [0.2, 0.25) is 0 Å². The molecule has 0 amide bonds. The molecular formula is C17H17NOSi. The fraction of sp³-hybridized carbons (Fsp3) is 0.235. The van der Waals surface area contributed by atoms with Crippen LogP contribution in [0.25, 0.3) is 11.1 Å². The standard InChI is InChI=1S/C17H17NOSi/c1-20(2,3)19-17(12-18)15-10-6-4-8-13(15)14-9-5-7-11-16(14)17/h4-11H,1-3H3. The maximum atomic E-state index is 9.92. The van der Waals surface area contributed by atoms with E-state index in [-0.39, 0.29) is 0 Å². The highest BCUT2D eigenvalue weighted by Gasteiger charge is 2.47. The summed E-state index contributed by atoms with van der Waals surface area (Å²) in [4.78, 5) is 0. The predicted octanol–water partition coefficient (Wildman–Crippen LogP) is 4.29. The van der Waals surface area contributed by atoms with Crippen LogP contribution in [0.1, 0.15) is 11.1 Å². The highest BCUT2D eigenvalue weighted by Crippen LogP contribution is 2.50. The monoisotopic (exact) mass is 279 g/mol. The Hall–Kier alpha value is -1.89. The quantitative estimate of drug-likeness (QED) is 0.768. The van der Waals surface area contributed by atoms with Crippen LogP contribution in [-0.2, 0) is 10.0 Å². The number of hydrogen-bond donors (Lipinski definition) is 0. The van der Waals surface area contributed by atoms with Gasteiger partial charge in [-0.05, 0) is 30.8 Å². The van der Waals surface area contributed by atoms with Crippen molar-refractivity contribution in [2.24, 2.45) is 0 Å². The van der Waals surface area contributed by atoms with Crippen LogP contribution < -0.4 is 0 Å². The molecule has 2 nitrogen and oxygen atoms in total. The zero-order chi connectivity index (χ0) is 14.4. The van der Waals surface area contributed by atoms with Gasteiger partial charge in [0.05, 0.1) is 0 Å². The van der Waals surface area contributed by atoms with E-state index in [9.17, 15) is 5.26 Å². The van der Waals surface area contributed by atoms with E-state index >= 15 is 0 Å². The number of hydrogen-bond acceptors (Lipinski definition) is 2. The summed E-state index contributed by atoms with van der Waals surface area (Å²) in [5.74, 6) is 0. The molecule has 0 radical (unpaired) electrons. The van der Waals surface area contributed by atoms with Gasteiger partial charge in [-0.15, -0.1) is 0 Å². The van der Waals surface area contributed by atoms with E-state index < -0.39 is 13.9 Å². The highest BCUT2D eigenvalue weighted by molar-refractivity contribution is 6.69. The molecule has 0 fully saturated rings. The van der Waals surface area contributed by atoms with Gasteiger partial charge >= 0.3 is 0 Å². The summed E-state index contributed by atoms with van der Waals surface area (Å²) in [6.07, 6.45) is 0. The maximum Gasteiger partial charge on any atom is 0.197 e. The molecule has 1 aliphatic carbocycles. The highest BCUT2D eigenvalue weighted by atomic mass is 28.4. The summed E-state index contributed by atoms with van der Waals surface area (Å²) < 4.78 is 6.37. The van der Waals surface area contributed by atoms with Crippen molar-refractivity contribution in [3.63, 3.8) is 0 Å². The molecule has 0 saturated heterocycles. The van der Waals surface area contributed by atoms with Crippen LogP contribution in [0.15, 0.2) is 48.5 Å². The molecule has 0 aliphatic heterocycles. The van der Waals surface area contributed by atoms with E-state index in [1.165, 1.54) is 0 Å². The van der Waals surface area contributed by atoms with Crippen molar-refractivity contribution in [1.29, 1.82) is 5.26 Å². The van der Waals surface area contributed by atoms with Crippen LogP contribution in [0.2, 0.25) is 19.6 Å². The van der Waals surface area contributed by atoms with Gasteiger partial charge in [0.15, 0.2) is 13.9 Å². The summed E-state index contributed by atoms with van der Waals surface area (Å²) in [5, 5.41) is 9.92. The summed E-state index contributed by atoms with van der Waals surface area (Å²) in [6.45, 7) is 6.36. The van der Waals surface area contributed by atoms with Crippen molar-refractivity contribution in [3.8, 4) is 17.2 Å². The molecule has 1 aliphatic rings. The number of nitrogens with zero attached hydrogens (tertiary/aromatic N) is 1. The molecule has 2 aromatic carbocycles. The first kappa shape index (κ1) is 13.1. The van der Waals surface area contributed by atoms with E-state index in [2.05, 4.69) is 37.8 Å². The lowest BCUT2D eigenvalue weighted by Gasteiger charge is -2.32. The molecule has 100 valence electrons. The average molecular weight is 279 g/mol. The molecule has 0 spiro atoms. The van der Waals surface area contributed by atoms with Crippen molar-refractivity contribution in [1.82, 2.24) is 0 Å². The normalized spacial score (nSPS) is 15.3. The van der Waals surface area contributed by atoms with Gasteiger partial charge in [0, 0.05) is 11.1 Å².